The highest BCUT2D eigenvalue weighted by molar-refractivity contribution is 14.0. The number of carbonyl (C=O) groups excluding carboxylic acids is 1. The Morgan fingerprint density at radius 3 is 2.53 bits per heavy atom. The Labute approximate surface area is 196 Å². The Kier molecular flexibility index (Phi) is 12.3. The van der Waals surface area contributed by atoms with Crippen molar-refractivity contribution in [2.45, 2.75) is 19.5 Å². The molecule has 2 aromatic carbocycles. The van der Waals surface area contributed by atoms with Gasteiger partial charge in [0.15, 0.2) is 5.96 Å². The Hall–Kier alpha value is -2.55. The van der Waals surface area contributed by atoms with Gasteiger partial charge in [0.2, 0.25) is 5.91 Å². The maximum Gasteiger partial charge on any atom is 0.224 e. The normalized spacial score (nSPS) is 10.5. The van der Waals surface area contributed by atoms with Crippen molar-refractivity contribution in [2.24, 2.45) is 4.99 Å². The molecule has 0 saturated heterocycles. The van der Waals surface area contributed by atoms with Gasteiger partial charge in [-0.1, -0.05) is 61.2 Å². The lowest BCUT2D eigenvalue weighted by atomic mass is 10.2. The standard InChI is InChI=1S/C23H30N4O2.HI/c1-4-16-29-21-13-9-8-12-20(21)17-26-23(24-2)25-15-14-22(28)27(3)18-19-10-6-5-7-11-19;/h4-13H,1,14-18H2,2-3H3,(H2,24,25,26);1H. The van der Waals surface area contributed by atoms with E-state index in [0.717, 1.165) is 16.9 Å². The summed E-state index contributed by atoms with van der Waals surface area (Å²) in [5, 5.41) is 6.44. The van der Waals surface area contributed by atoms with Crippen molar-refractivity contribution in [3.63, 3.8) is 0 Å². The third-order valence-electron chi connectivity index (χ3n) is 4.32. The summed E-state index contributed by atoms with van der Waals surface area (Å²) in [6.07, 6.45) is 2.11. The van der Waals surface area contributed by atoms with Crippen molar-refractivity contribution in [3.05, 3.63) is 78.4 Å². The zero-order valence-corrected chi connectivity index (χ0v) is 20.0. The van der Waals surface area contributed by atoms with Crippen LogP contribution in [0.4, 0.5) is 0 Å². The maximum atomic E-state index is 12.3. The highest BCUT2D eigenvalue weighted by Crippen LogP contribution is 2.17. The fourth-order valence-electron chi connectivity index (χ4n) is 2.76. The highest BCUT2D eigenvalue weighted by atomic mass is 127. The number of nitrogens with one attached hydrogen (secondary N) is 2. The van der Waals surface area contributed by atoms with E-state index in [1.807, 2.05) is 61.6 Å². The van der Waals surface area contributed by atoms with E-state index in [-0.39, 0.29) is 29.9 Å². The molecule has 1 amide bonds. The molecule has 2 rings (SSSR count). The van der Waals surface area contributed by atoms with E-state index in [1.54, 1.807) is 18.0 Å². The number of carbonyl (C=O) groups is 1. The van der Waals surface area contributed by atoms with Crippen molar-refractivity contribution in [2.75, 3.05) is 27.2 Å². The third-order valence-corrected chi connectivity index (χ3v) is 4.32. The predicted octanol–water partition coefficient (Wildman–Crippen LogP) is 3.58. The largest absolute Gasteiger partial charge is 0.489 e. The second-order valence-corrected chi connectivity index (χ2v) is 6.55. The maximum absolute atomic E-state index is 12.3. The van der Waals surface area contributed by atoms with Crippen LogP contribution in [0.2, 0.25) is 0 Å². The molecule has 0 saturated carbocycles. The van der Waals surface area contributed by atoms with Gasteiger partial charge >= 0.3 is 0 Å². The summed E-state index contributed by atoms with van der Waals surface area (Å²) in [6.45, 7) is 5.81. The molecular weight excluding hydrogens is 491 g/mol. The predicted molar refractivity (Wildman–Crippen MR) is 133 cm³/mol. The Morgan fingerprint density at radius 1 is 1.13 bits per heavy atom. The molecule has 0 atom stereocenters. The van der Waals surface area contributed by atoms with Gasteiger partial charge in [-0.15, -0.1) is 24.0 Å². The first-order chi connectivity index (χ1) is 14.1. The molecule has 0 aliphatic carbocycles. The van der Waals surface area contributed by atoms with Gasteiger partial charge in [-0.2, -0.15) is 0 Å². The number of hydrogen-bond donors (Lipinski definition) is 2. The molecule has 2 N–H and O–H groups in total. The van der Waals surface area contributed by atoms with Crippen LogP contribution in [0, 0.1) is 0 Å². The van der Waals surface area contributed by atoms with E-state index in [4.69, 9.17) is 4.74 Å². The number of aliphatic imine (C=N–C) groups is 1. The van der Waals surface area contributed by atoms with Gasteiger partial charge in [0.05, 0.1) is 0 Å². The van der Waals surface area contributed by atoms with Gasteiger partial charge in [0.1, 0.15) is 12.4 Å². The molecule has 0 spiro atoms. The van der Waals surface area contributed by atoms with Crippen molar-refractivity contribution < 1.29 is 9.53 Å². The van der Waals surface area contributed by atoms with E-state index < -0.39 is 0 Å². The number of ether oxygens (including phenoxy) is 1. The SMILES string of the molecule is C=CCOc1ccccc1CNC(=NC)NCCC(=O)N(C)Cc1ccccc1.I. The van der Waals surface area contributed by atoms with Gasteiger partial charge in [0, 0.05) is 45.7 Å². The molecule has 6 nitrogen and oxygen atoms in total. The monoisotopic (exact) mass is 522 g/mol. The smallest absolute Gasteiger partial charge is 0.224 e. The second kappa shape index (κ2) is 14.4. The Morgan fingerprint density at radius 2 is 1.83 bits per heavy atom. The van der Waals surface area contributed by atoms with Crippen LogP contribution in [0.15, 0.2) is 72.2 Å². The Balaban J connectivity index is 0.00000450. The third kappa shape index (κ3) is 8.86. The van der Waals surface area contributed by atoms with Crippen LogP contribution in [0.25, 0.3) is 0 Å². The summed E-state index contributed by atoms with van der Waals surface area (Å²) in [7, 11) is 3.53. The van der Waals surface area contributed by atoms with Crippen LogP contribution in [-0.4, -0.2) is 44.0 Å². The summed E-state index contributed by atoms with van der Waals surface area (Å²) < 4.78 is 5.67. The van der Waals surface area contributed by atoms with Crippen molar-refractivity contribution in [3.8, 4) is 5.75 Å². The molecule has 0 heterocycles. The van der Waals surface area contributed by atoms with E-state index in [9.17, 15) is 4.79 Å². The minimum Gasteiger partial charge on any atom is -0.489 e. The molecule has 0 aromatic heterocycles. The molecule has 7 heteroatoms. The average molecular weight is 522 g/mol. The number of guanidine groups is 1. The van der Waals surface area contributed by atoms with Crippen molar-refractivity contribution in [1.29, 1.82) is 0 Å². The fraction of sp³-hybridized carbons (Fsp3) is 0.304. The molecule has 30 heavy (non-hydrogen) atoms. The molecule has 0 bridgehead atoms. The van der Waals surface area contributed by atoms with E-state index >= 15 is 0 Å². The number of benzene rings is 2. The molecule has 2 aromatic rings. The molecule has 0 unspecified atom stereocenters. The summed E-state index contributed by atoms with van der Waals surface area (Å²) in [4.78, 5) is 18.3. The second-order valence-electron chi connectivity index (χ2n) is 6.55. The summed E-state index contributed by atoms with van der Waals surface area (Å²) in [5.74, 6) is 1.54. The molecular formula is C23H31IN4O2. The van der Waals surface area contributed by atoms with E-state index in [1.165, 1.54) is 0 Å². The molecule has 0 radical (unpaired) electrons. The van der Waals surface area contributed by atoms with E-state index in [2.05, 4.69) is 22.2 Å². The lowest BCUT2D eigenvalue weighted by molar-refractivity contribution is -0.130. The van der Waals surface area contributed by atoms with Crippen LogP contribution < -0.4 is 15.4 Å². The summed E-state index contributed by atoms with van der Waals surface area (Å²) >= 11 is 0. The summed E-state index contributed by atoms with van der Waals surface area (Å²) in [5.41, 5.74) is 2.14. The number of hydrogen-bond acceptors (Lipinski definition) is 3. The zero-order chi connectivity index (χ0) is 20.9. The number of halogens is 1. The van der Waals surface area contributed by atoms with Gasteiger partial charge in [-0.05, 0) is 11.6 Å². The quantitative estimate of drug-likeness (QED) is 0.217. The van der Waals surface area contributed by atoms with Crippen molar-refractivity contribution >= 4 is 35.8 Å². The number of nitrogens with zero attached hydrogens (tertiary/aromatic N) is 2. The van der Waals surface area contributed by atoms with Gasteiger partial charge in [-0.3, -0.25) is 9.79 Å². The summed E-state index contributed by atoms with van der Waals surface area (Å²) in [6, 6.07) is 17.8. The van der Waals surface area contributed by atoms with Gasteiger partial charge in [-0.25, -0.2) is 0 Å². The molecule has 0 fully saturated rings. The Bertz CT molecular complexity index is 812. The highest BCUT2D eigenvalue weighted by Gasteiger charge is 2.10. The first-order valence-corrected chi connectivity index (χ1v) is 9.68. The number of para-hydroxylation sites is 1. The van der Waals surface area contributed by atoms with Gasteiger partial charge in [0.25, 0.3) is 0 Å². The lowest BCUT2D eigenvalue weighted by Gasteiger charge is -2.18. The number of rotatable bonds is 10. The molecule has 162 valence electrons. The van der Waals surface area contributed by atoms with Crippen LogP contribution in [0.5, 0.6) is 5.75 Å². The van der Waals surface area contributed by atoms with Crippen LogP contribution >= 0.6 is 24.0 Å². The lowest BCUT2D eigenvalue weighted by Crippen LogP contribution is -2.39. The average Bonchev–Trinajstić information content (AvgIpc) is 2.75. The van der Waals surface area contributed by atoms with E-state index in [0.29, 0.717) is 38.6 Å². The molecule has 0 aliphatic rings. The molecule has 0 aliphatic heterocycles. The van der Waals surface area contributed by atoms with Crippen molar-refractivity contribution in [1.82, 2.24) is 15.5 Å². The van der Waals surface area contributed by atoms with Crippen LogP contribution in [0.1, 0.15) is 17.5 Å². The first kappa shape index (κ1) is 25.5. The zero-order valence-electron chi connectivity index (χ0n) is 17.6. The fourth-order valence-corrected chi connectivity index (χ4v) is 2.76. The first-order valence-electron chi connectivity index (χ1n) is 9.68. The minimum atomic E-state index is 0. The minimum absolute atomic E-state index is 0. The van der Waals surface area contributed by atoms with Crippen LogP contribution in [-0.2, 0) is 17.9 Å². The van der Waals surface area contributed by atoms with Crippen LogP contribution in [0.3, 0.4) is 0 Å². The topological polar surface area (TPSA) is 66.0 Å². The number of amides is 1. The van der Waals surface area contributed by atoms with Gasteiger partial charge < -0.3 is 20.3 Å².